The number of carbonyl (C=O) groups excluding carboxylic acids is 3. The second kappa shape index (κ2) is 6.77. The van der Waals surface area contributed by atoms with Gasteiger partial charge in [0, 0.05) is 28.8 Å². The van der Waals surface area contributed by atoms with E-state index >= 15 is 0 Å². The Labute approximate surface area is 178 Å². The summed E-state index contributed by atoms with van der Waals surface area (Å²) in [7, 11) is 10.2. The molecular weight excluding hydrogens is 398 g/mol. The van der Waals surface area contributed by atoms with Gasteiger partial charge in [-0.3, -0.25) is 9.59 Å². The van der Waals surface area contributed by atoms with E-state index in [0.29, 0.717) is 22.3 Å². The largest absolute Gasteiger partial charge is 0.456 e. The zero-order valence-electron chi connectivity index (χ0n) is 15.8. The van der Waals surface area contributed by atoms with E-state index in [-0.39, 0.29) is 23.0 Å². The summed E-state index contributed by atoms with van der Waals surface area (Å²) >= 11 is 0. The molecule has 3 aromatic rings. The second-order valence-corrected chi connectivity index (χ2v) is 6.88. The zero-order valence-corrected chi connectivity index (χ0v) is 15.8. The fraction of sp³-hybridized carbons (Fsp3) is 0.0455. The van der Waals surface area contributed by atoms with Crippen molar-refractivity contribution in [3.63, 3.8) is 0 Å². The molecular formula is C22H10B2O7. The van der Waals surface area contributed by atoms with Gasteiger partial charge in [0.15, 0.2) is 5.60 Å². The van der Waals surface area contributed by atoms with Crippen molar-refractivity contribution in [3.8, 4) is 23.0 Å². The molecule has 5 rings (SSSR count). The first-order valence-electron chi connectivity index (χ1n) is 9.13. The number of fused-ring (bicyclic) bond motifs is 6. The summed E-state index contributed by atoms with van der Waals surface area (Å²) in [6.45, 7) is 0. The Bertz CT molecular complexity index is 1220. The molecule has 0 atom stereocenters. The van der Waals surface area contributed by atoms with Crippen molar-refractivity contribution in [1.29, 1.82) is 0 Å². The minimum absolute atomic E-state index is 0.145. The van der Waals surface area contributed by atoms with Crippen LogP contribution in [-0.2, 0) is 10.3 Å². The molecule has 146 valence electrons. The van der Waals surface area contributed by atoms with Crippen LogP contribution in [0.3, 0.4) is 0 Å². The Morgan fingerprint density at radius 1 is 0.774 bits per heavy atom. The average Bonchev–Trinajstić information content (AvgIpc) is 3.00. The van der Waals surface area contributed by atoms with E-state index in [1.807, 2.05) is 0 Å². The van der Waals surface area contributed by atoms with Gasteiger partial charge in [0.05, 0.1) is 5.56 Å². The van der Waals surface area contributed by atoms with Crippen LogP contribution < -0.4 is 14.2 Å². The second-order valence-electron chi connectivity index (χ2n) is 6.88. The molecule has 2 aliphatic heterocycles. The van der Waals surface area contributed by atoms with E-state index in [1.165, 1.54) is 24.3 Å². The molecule has 3 aromatic carbocycles. The van der Waals surface area contributed by atoms with Gasteiger partial charge < -0.3 is 18.9 Å². The van der Waals surface area contributed by atoms with Crippen LogP contribution in [0.25, 0.3) is 0 Å². The van der Waals surface area contributed by atoms with Gasteiger partial charge in [0.2, 0.25) is 27.4 Å². The number of carbonyl (C=O) groups is 3. The third kappa shape index (κ3) is 2.89. The van der Waals surface area contributed by atoms with E-state index in [2.05, 4.69) is 0 Å². The summed E-state index contributed by atoms with van der Waals surface area (Å²) in [6, 6.07) is 16.3. The summed E-state index contributed by atoms with van der Waals surface area (Å²) in [5.41, 5.74) is 0.777. The fourth-order valence-corrected chi connectivity index (χ4v) is 4.00. The maximum absolute atomic E-state index is 12.7. The lowest BCUT2D eigenvalue weighted by molar-refractivity contribution is 0.0224. The highest BCUT2D eigenvalue weighted by atomic mass is 16.6. The predicted molar refractivity (Wildman–Crippen MR) is 108 cm³/mol. The number of ether oxygens (including phenoxy) is 4. The van der Waals surface area contributed by atoms with Crippen LogP contribution in [0.5, 0.6) is 23.0 Å². The van der Waals surface area contributed by atoms with Gasteiger partial charge >= 0.3 is 5.97 Å². The van der Waals surface area contributed by atoms with Crippen LogP contribution in [-0.4, -0.2) is 33.4 Å². The van der Waals surface area contributed by atoms with Crippen LogP contribution >= 0.6 is 0 Å². The van der Waals surface area contributed by atoms with Crippen LogP contribution in [0.2, 0.25) is 0 Å². The van der Waals surface area contributed by atoms with Crippen LogP contribution in [0.4, 0.5) is 9.59 Å². The number of benzene rings is 3. The maximum Gasteiger partial charge on any atom is 0.340 e. The summed E-state index contributed by atoms with van der Waals surface area (Å²) in [4.78, 5) is 35.1. The summed E-state index contributed by atoms with van der Waals surface area (Å²) < 4.78 is 21.9. The lowest BCUT2D eigenvalue weighted by Crippen LogP contribution is -2.33. The maximum atomic E-state index is 12.7. The van der Waals surface area contributed by atoms with Crippen LogP contribution in [0.1, 0.15) is 27.0 Å². The van der Waals surface area contributed by atoms with Crippen LogP contribution in [0, 0.1) is 0 Å². The average molecular weight is 408 g/mol. The lowest BCUT2D eigenvalue weighted by atomic mass is 9.77. The van der Waals surface area contributed by atoms with Gasteiger partial charge in [0.1, 0.15) is 23.0 Å². The molecule has 0 aromatic heterocycles. The van der Waals surface area contributed by atoms with E-state index in [1.54, 1.807) is 36.4 Å². The number of rotatable bonds is 2. The van der Waals surface area contributed by atoms with Crippen molar-refractivity contribution < 1.29 is 33.3 Å². The van der Waals surface area contributed by atoms with Gasteiger partial charge in [-0.15, -0.1) is 0 Å². The van der Waals surface area contributed by atoms with E-state index < -0.39 is 23.3 Å². The smallest absolute Gasteiger partial charge is 0.340 e. The van der Waals surface area contributed by atoms with Crippen molar-refractivity contribution in [2.75, 3.05) is 0 Å². The van der Waals surface area contributed by atoms with Crippen molar-refractivity contribution in [2.24, 2.45) is 0 Å². The molecule has 0 saturated carbocycles. The zero-order chi connectivity index (χ0) is 21.8. The van der Waals surface area contributed by atoms with E-state index in [0.717, 1.165) is 0 Å². The van der Waals surface area contributed by atoms with Gasteiger partial charge in [0.25, 0.3) is 0 Å². The topological polar surface area (TPSA) is 88.1 Å². The Morgan fingerprint density at radius 2 is 1.32 bits per heavy atom. The summed E-state index contributed by atoms with van der Waals surface area (Å²) in [5.74, 6) is -1.64. The molecule has 0 unspecified atom stereocenters. The molecule has 4 radical (unpaired) electrons. The molecule has 1 spiro atoms. The fourth-order valence-electron chi connectivity index (χ4n) is 4.00. The van der Waals surface area contributed by atoms with E-state index in [9.17, 15) is 14.4 Å². The molecule has 7 nitrogen and oxygen atoms in total. The molecule has 0 bridgehead atoms. The molecule has 0 fully saturated rings. The summed E-state index contributed by atoms with van der Waals surface area (Å²) in [5, 5.41) is 0. The molecule has 0 amide bonds. The first-order valence-corrected chi connectivity index (χ1v) is 9.13. The molecule has 31 heavy (non-hydrogen) atoms. The first-order chi connectivity index (χ1) is 14.9. The minimum Gasteiger partial charge on any atom is -0.456 e. The molecule has 2 heterocycles. The molecule has 0 aliphatic carbocycles. The highest BCUT2D eigenvalue weighted by Crippen LogP contribution is 2.57. The van der Waals surface area contributed by atoms with Gasteiger partial charge in [-0.25, -0.2) is 4.79 Å². The Morgan fingerprint density at radius 3 is 1.87 bits per heavy atom. The highest BCUT2D eigenvalue weighted by molar-refractivity contribution is 6.55. The minimum atomic E-state index is -1.31. The first kappa shape index (κ1) is 19.0. The van der Waals surface area contributed by atoms with Crippen molar-refractivity contribution >= 4 is 33.4 Å². The third-order valence-corrected chi connectivity index (χ3v) is 5.09. The monoisotopic (exact) mass is 408 g/mol. The number of hydrogen-bond acceptors (Lipinski definition) is 7. The molecule has 0 saturated heterocycles. The van der Waals surface area contributed by atoms with E-state index in [4.69, 9.17) is 34.6 Å². The molecule has 2 aliphatic rings. The van der Waals surface area contributed by atoms with Gasteiger partial charge in [-0.1, -0.05) is 18.2 Å². The van der Waals surface area contributed by atoms with Crippen molar-refractivity contribution in [1.82, 2.24) is 0 Å². The quantitative estimate of drug-likeness (QED) is 0.473. The number of hydrogen-bond donors (Lipinski definition) is 0. The normalized spacial score (nSPS) is 14.5. The van der Waals surface area contributed by atoms with Crippen molar-refractivity contribution in [3.05, 3.63) is 82.9 Å². The predicted octanol–water partition coefficient (Wildman–Crippen LogP) is 3.59. The Balaban J connectivity index is 1.76. The SMILES string of the molecule is [B]C(=O)Oc1ccc2c(c1)Oc1cc(OC([B])=O)ccc1C21OC(=O)c2ccccc21. The summed E-state index contributed by atoms with van der Waals surface area (Å²) in [6.07, 6.45) is 0. The van der Waals surface area contributed by atoms with Crippen molar-refractivity contribution in [2.45, 2.75) is 5.60 Å². The van der Waals surface area contributed by atoms with Gasteiger partial charge in [-0.2, -0.15) is 0 Å². The molecule has 9 heteroatoms. The molecule has 0 N–H and O–H groups in total. The Kier molecular flexibility index (Phi) is 4.15. The highest BCUT2D eigenvalue weighted by Gasteiger charge is 2.53. The van der Waals surface area contributed by atoms with Crippen LogP contribution in [0.15, 0.2) is 60.7 Å². The lowest BCUT2D eigenvalue weighted by Gasteiger charge is -2.36. The van der Waals surface area contributed by atoms with Gasteiger partial charge in [-0.05, 0) is 30.3 Å². The Hall–Kier alpha value is -4.00. The standard InChI is InChI=1S/C22H10B2O7/c23-20(26)28-11-5-7-15-17(9-11)30-18-10-12(29-21(24)27)6-8-16(18)22(15)14-4-2-1-3-13(14)19(25)31-22/h1-10H. The number of esters is 1. The third-order valence-electron chi connectivity index (χ3n) is 5.09.